The average Bonchev–Trinajstić information content (AvgIpc) is 2.25. The molecule has 1 aromatic carbocycles. The van der Waals surface area contributed by atoms with Crippen molar-refractivity contribution in [3.8, 4) is 0 Å². The molecule has 4 N–H and O–H groups in total. The summed E-state index contributed by atoms with van der Waals surface area (Å²) in [4.78, 5) is 3.52. The number of nitrogens with two attached hydrogens (primary N) is 2. The first-order valence-electron chi connectivity index (χ1n) is 4.75. The molecule has 17 heavy (non-hydrogen) atoms. The van der Waals surface area contributed by atoms with Crippen LogP contribution in [0.4, 0.5) is 18.9 Å². The van der Waals surface area contributed by atoms with Crippen molar-refractivity contribution in [2.24, 2.45) is 16.5 Å². The molecule has 0 atom stereocenters. The van der Waals surface area contributed by atoms with Crippen molar-refractivity contribution in [3.05, 3.63) is 41.7 Å². The molecular formula is C11H12F3N3. The summed E-state index contributed by atoms with van der Waals surface area (Å²) in [7, 11) is 0. The van der Waals surface area contributed by atoms with E-state index in [4.69, 9.17) is 11.5 Å². The molecule has 0 aromatic heterocycles. The Morgan fingerprint density at radius 2 is 1.88 bits per heavy atom. The SMILES string of the molecule is Cc1ccccc1N=C(C(N)=CN)C(F)(F)F. The van der Waals surface area contributed by atoms with Gasteiger partial charge in [0.1, 0.15) is 0 Å². The van der Waals surface area contributed by atoms with Gasteiger partial charge in [-0.15, -0.1) is 0 Å². The van der Waals surface area contributed by atoms with E-state index in [2.05, 4.69) is 4.99 Å². The molecule has 6 heteroatoms. The highest BCUT2D eigenvalue weighted by molar-refractivity contribution is 6.04. The number of hydrogen-bond donors (Lipinski definition) is 2. The van der Waals surface area contributed by atoms with Gasteiger partial charge in [0.15, 0.2) is 5.71 Å². The van der Waals surface area contributed by atoms with Crippen molar-refractivity contribution in [1.29, 1.82) is 0 Å². The van der Waals surface area contributed by atoms with Crippen LogP contribution in [-0.4, -0.2) is 11.9 Å². The fraction of sp³-hybridized carbons (Fsp3) is 0.182. The van der Waals surface area contributed by atoms with Crippen LogP contribution >= 0.6 is 0 Å². The number of halogens is 3. The molecule has 0 spiro atoms. The molecule has 0 radical (unpaired) electrons. The lowest BCUT2D eigenvalue weighted by Gasteiger charge is -2.11. The second kappa shape index (κ2) is 4.90. The van der Waals surface area contributed by atoms with Crippen LogP contribution in [0.25, 0.3) is 0 Å². The van der Waals surface area contributed by atoms with Gasteiger partial charge in [-0.1, -0.05) is 18.2 Å². The number of allylic oxidation sites excluding steroid dienone is 1. The third-order valence-corrected chi connectivity index (χ3v) is 2.07. The van der Waals surface area contributed by atoms with Gasteiger partial charge in [0.05, 0.1) is 11.4 Å². The molecule has 0 saturated carbocycles. The van der Waals surface area contributed by atoms with E-state index >= 15 is 0 Å². The van der Waals surface area contributed by atoms with Gasteiger partial charge in [-0.3, -0.25) is 0 Å². The van der Waals surface area contributed by atoms with Gasteiger partial charge in [0.25, 0.3) is 0 Å². The maximum absolute atomic E-state index is 12.7. The van der Waals surface area contributed by atoms with E-state index in [1.807, 2.05) is 0 Å². The van der Waals surface area contributed by atoms with Gasteiger partial charge in [0.2, 0.25) is 0 Å². The molecule has 0 aliphatic rings. The normalized spacial score (nSPS) is 13.9. The molecule has 1 rings (SSSR count). The Morgan fingerprint density at radius 3 is 2.35 bits per heavy atom. The van der Waals surface area contributed by atoms with Crippen molar-refractivity contribution >= 4 is 11.4 Å². The molecule has 0 amide bonds. The minimum absolute atomic E-state index is 0.213. The molecule has 0 unspecified atom stereocenters. The maximum Gasteiger partial charge on any atom is 0.435 e. The smallest absolute Gasteiger partial charge is 0.403 e. The van der Waals surface area contributed by atoms with Crippen molar-refractivity contribution in [2.75, 3.05) is 0 Å². The third-order valence-electron chi connectivity index (χ3n) is 2.07. The van der Waals surface area contributed by atoms with E-state index in [0.717, 1.165) is 0 Å². The van der Waals surface area contributed by atoms with Crippen LogP contribution in [0.3, 0.4) is 0 Å². The van der Waals surface area contributed by atoms with Crippen molar-refractivity contribution < 1.29 is 13.2 Å². The Balaban J connectivity index is 3.30. The highest BCUT2D eigenvalue weighted by Crippen LogP contribution is 2.25. The van der Waals surface area contributed by atoms with Crippen LogP contribution < -0.4 is 11.5 Å². The van der Waals surface area contributed by atoms with Crippen LogP contribution in [0, 0.1) is 6.92 Å². The summed E-state index contributed by atoms with van der Waals surface area (Å²) in [6.07, 6.45) is -3.95. The van der Waals surface area contributed by atoms with Crippen molar-refractivity contribution in [3.63, 3.8) is 0 Å². The Hall–Kier alpha value is -1.98. The third kappa shape index (κ3) is 3.24. The lowest BCUT2D eigenvalue weighted by molar-refractivity contribution is -0.0582. The molecule has 0 aliphatic carbocycles. The Morgan fingerprint density at radius 1 is 1.29 bits per heavy atom. The van der Waals surface area contributed by atoms with Crippen LogP contribution in [0.15, 0.2) is 41.2 Å². The quantitative estimate of drug-likeness (QED) is 0.783. The summed E-state index contributed by atoms with van der Waals surface area (Å²) in [6.45, 7) is 1.66. The first kappa shape index (κ1) is 13.1. The van der Waals surface area contributed by atoms with E-state index in [-0.39, 0.29) is 5.69 Å². The summed E-state index contributed by atoms with van der Waals surface area (Å²) >= 11 is 0. The number of nitrogens with zero attached hydrogens (tertiary/aromatic N) is 1. The lowest BCUT2D eigenvalue weighted by Crippen LogP contribution is -2.29. The molecular weight excluding hydrogens is 231 g/mol. The van der Waals surface area contributed by atoms with Crippen molar-refractivity contribution in [1.82, 2.24) is 0 Å². The monoisotopic (exact) mass is 243 g/mol. The standard InChI is InChI=1S/C11H12F3N3/c1-7-4-2-3-5-9(7)17-10(8(16)6-15)11(12,13)14/h2-6H,15-16H2,1H3. The number of para-hydroxylation sites is 1. The average molecular weight is 243 g/mol. The number of alkyl halides is 3. The number of rotatable bonds is 2. The van der Waals surface area contributed by atoms with Crippen LogP contribution in [-0.2, 0) is 0 Å². The number of benzene rings is 1. The van der Waals surface area contributed by atoms with Crippen LogP contribution in [0.2, 0.25) is 0 Å². The molecule has 1 aromatic rings. The molecule has 0 bridgehead atoms. The molecule has 0 fully saturated rings. The molecule has 92 valence electrons. The first-order valence-corrected chi connectivity index (χ1v) is 4.75. The summed E-state index contributed by atoms with van der Waals surface area (Å²) < 4.78 is 38.0. The predicted molar refractivity (Wildman–Crippen MR) is 60.8 cm³/mol. The molecule has 0 saturated heterocycles. The predicted octanol–water partition coefficient (Wildman–Crippen LogP) is 2.39. The van der Waals surface area contributed by atoms with E-state index < -0.39 is 17.6 Å². The summed E-state index contributed by atoms with van der Waals surface area (Å²) in [5.41, 5.74) is 9.23. The highest BCUT2D eigenvalue weighted by Gasteiger charge is 2.37. The van der Waals surface area contributed by atoms with Crippen molar-refractivity contribution in [2.45, 2.75) is 13.1 Å². The van der Waals surface area contributed by atoms with Gasteiger partial charge in [0, 0.05) is 6.20 Å². The molecule has 3 nitrogen and oxygen atoms in total. The minimum atomic E-state index is -4.64. The Labute approximate surface area is 96.6 Å². The van der Waals surface area contributed by atoms with Gasteiger partial charge >= 0.3 is 6.18 Å². The number of aryl methyl sites for hydroxylation is 1. The van der Waals surface area contributed by atoms with Gasteiger partial charge < -0.3 is 11.5 Å². The maximum atomic E-state index is 12.7. The zero-order valence-corrected chi connectivity index (χ0v) is 9.12. The Kier molecular flexibility index (Phi) is 3.77. The van der Waals surface area contributed by atoms with Crippen LogP contribution in [0.1, 0.15) is 5.56 Å². The van der Waals surface area contributed by atoms with Gasteiger partial charge in [-0.05, 0) is 18.6 Å². The zero-order chi connectivity index (χ0) is 13.1. The fourth-order valence-corrected chi connectivity index (χ4v) is 1.18. The van der Waals surface area contributed by atoms with Gasteiger partial charge in [-0.25, -0.2) is 4.99 Å². The minimum Gasteiger partial charge on any atom is -0.403 e. The van der Waals surface area contributed by atoms with Gasteiger partial charge in [-0.2, -0.15) is 13.2 Å². The van der Waals surface area contributed by atoms with E-state index in [1.165, 1.54) is 6.07 Å². The largest absolute Gasteiger partial charge is 0.435 e. The number of aliphatic imine (C=N–C) groups is 1. The van der Waals surface area contributed by atoms with E-state index in [9.17, 15) is 13.2 Å². The first-order chi connectivity index (χ1) is 7.86. The van der Waals surface area contributed by atoms with Crippen LogP contribution in [0.5, 0.6) is 0 Å². The lowest BCUT2D eigenvalue weighted by atomic mass is 10.2. The summed E-state index contributed by atoms with van der Waals surface area (Å²) in [5.74, 6) is 0. The second-order valence-corrected chi connectivity index (χ2v) is 3.37. The fourth-order valence-electron chi connectivity index (χ4n) is 1.18. The van der Waals surface area contributed by atoms with E-state index in [1.54, 1.807) is 25.1 Å². The molecule has 0 heterocycles. The number of hydrogen-bond acceptors (Lipinski definition) is 3. The second-order valence-electron chi connectivity index (χ2n) is 3.37. The summed E-state index contributed by atoms with van der Waals surface area (Å²) in [5, 5.41) is 0. The Bertz CT molecular complexity index is 461. The topological polar surface area (TPSA) is 64.4 Å². The molecule has 0 aliphatic heterocycles. The van der Waals surface area contributed by atoms with E-state index in [0.29, 0.717) is 11.8 Å². The zero-order valence-electron chi connectivity index (χ0n) is 9.12. The highest BCUT2D eigenvalue weighted by atomic mass is 19.4. The summed E-state index contributed by atoms with van der Waals surface area (Å²) in [6, 6.07) is 6.45.